The van der Waals surface area contributed by atoms with Gasteiger partial charge in [-0.3, -0.25) is 9.59 Å². The Morgan fingerprint density at radius 1 is 0.909 bits per heavy atom. The van der Waals surface area contributed by atoms with E-state index in [1.165, 1.54) is 0 Å². The number of amides is 1. The Labute approximate surface area is 127 Å². The number of aromatic nitrogens is 1. The molecule has 1 aromatic heterocycles. The number of nitrogens with zero attached hydrogens (tertiary/aromatic N) is 1. The van der Waals surface area contributed by atoms with Gasteiger partial charge in [0.2, 0.25) is 23.8 Å². The van der Waals surface area contributed by atoms with Gasteiger partial charge in [-0.25, -0.2) is 0 Å². The summed E-state index contributed by atoms with van der Waals surface area (Å²) in [7, 11) is 0. The van der Waals surface area contributed by atoms with Crippen molar-refractivity contribution in [3.63, 3.8) is 0 Å². The second-order valence-electron chi connectivity index (χ2n) is 5.03. The largest absolute Gasteiger partial charge is 0.366 e. The van der Waals surface area contributed by atoms with Gasteiger partial charge in [0, 0.05) is 17.7 Å². The first kappa shape index (κ1) is 13.9. The molecular weight excluding hydrogens is 276 g/mol. The predicted octanol–water partition coefficient (Wildman–Crippen LogP) is 2.11. The first-order chi connectivity index (χ1) is 10.7. The Balaban J connectivity index is 2.04. The van der Waals surface area contributed by atoms with Crippen molar-refractivity contribution in [1.29, 1.82) is 0 Å². The van der Waals surface area contributed by atoms with Crippen molar-refractivity contribution >= 4 is 22.6 Å². The zero-order chi connectivity index (χ0) is 15.5. The van der Waals surface area contributed by atoms with Crippen LogP contribution in [0.3, 0.4) is 0 Å². The van der Waals surface area contributed by atoms with Crippen LogP contribution < -0.4 is 10.3 Å². The molecule has 0 aliphatic rings. The highest BCUT2D eigenvalue weighted by Gasteiger charge is 2.18. The van der Waals surface area contributed by atoms with Crippen LogP contribution in [0.2, 0.25) is 0 Å². The summed E-state index contributed by atoms with van der Waals surface area (Å²) in [5.74, 6) is -0.458. The van der Waals surface area contributed by atoms with E-state index in [1.54, 1.807) is 24.4 Å². The molecule has 2 N–H and O–H groups in total. The molecule has 1 heterocycles. The number of ketones is 1. The topological polar surface area (TPSA) is 64.0 Å². The molecule has 2 aromatic carbocycles. The van der Waals surface area contributed by atoms with E-state index >= 15 is 0 Å². The smallest absolute Gasteiger partial charge is 0.249 e. The first-order valence-corrected chi connectivity index (χ1v) is 6.96. The number of carbonyl (C=O) groups is 2. The molecule has 0 atom stereocenters. The highest BCUT2D eigenvalue weighted by molar-refractivity contribution is 6.04. The Morgan fingerprint density at radius 3 is 2.32 bits per heavy atom. The van der Waals surface area contributed by atoms with Crippen molar-refractivity contribution < 1.29 is 14.2 Å². The molecule has 3 rings (SSSR count). The quantitative estimate of drug-likeness (QED) is 0.591. The summed E-state index contributed by atoms with van der Waals surface area (Å²) in [4.78, 5) is 23.9. The van der Waals surface area contributed by atoms with Gasteiger partial charge >= 0.3 is 0 Å². The Hall–Kier alpha value is -3.01. The van der Waals surface area contributed by atoms with Gasteiger partial charge in [-0.2, -0.15) is 4.57 Å². The molecule has 0 aliphatic carbocycles. The lowest BCUT2D eigenvalue weighted by Crippen LogP contribution is -2.39. The fourth-order valence-corrected chi connectivity index (χ4v) is 2.51. The number of hydrogen-bond acceptors (Lipinski definition) is 2. The second-order valence-corrected chi connectivity index (χ2v) is 5.03. The van der Waals surface area contributed by atoms with Crippen molar-refractivity contribution in [2.24, 2.45) is 5.73 Å². The number of rotatable bonds is 4. The van der Waals surface area contributed by atoms with Gasteiger partial charge in [0.1, 0.15) is 0 Å². The summed E-state index contributed by atoms with van der Waals surface area (Å²) in [6.07, 6.45) is 1.73. The summed E-state index contributed by atoms with van der Waals surface area (Å²) in [6, 6.07) is 18.2. The highest BCUT2D eigenvalue weighted by Crippen LogP contribution is 2.14. The number of para-hydroxylation sites is 1. The molecule has 0 bridgehead atoms. The summed E-state index contributed by atoms with van der Waals surface area (Å²) in [6.45, 7) is 0.212. The lowest BCUT2D eigenvalue weighted by Gasteiger charge is -2.04. The van der Waals surface area contributed by atoms with Crippen LogP contribution >= 0.6 is 0 Å². The van der Waals surface area contributed by atoms with E-state index in [4.69, 9.17) is 5.73 Å². The maximum absolute atomic E-state index is 12.4. The van der Waals surface area contributed by atoms with E-state index < -0.39 is 5.91 Å². The van der Waals surface area contributed by atoms with Crippen LogP contribution in [0, 0.1) is 0 Å². The van der Waals surface area contributed by atoms with E-state index in [0.717, 1.165) is 10.9 Å². The molecule has 0 saturated carbocycles. The monoisotopic (exact) mass is 291 g/mol. The number of benzene rings is 2. The number of carbonyl (C=O) groups excluding carboxylic acids is 2. The maximum Gasteiger partial charge on any atom is 0.249 e. The minimum Gasteiger partial charge on any atom is -0.366 e. The van der Waals surface area contributed by atoms with Crippen LogP contribution in [-0.2, 0) is 6.54 Å². The van der Waals surface area contributed by atoms with Gasteiger partial charge in [0.15, 0.2) is 6.20 Å². The zero-order valence-electron chi connectivity index (χ0n) is 11.9. The SMILES string of the molecule is NC(=O)c1cc[n+](CC(=O)c2ccccc2)c2ccccc12. The van der Waals surface area contributed by atoms with Crippen molar-refractivity contribution in [3.8, 4) is 0 Å². The van der Waals surface area contributed by atoms with Crippen molar-refractivity contribution in [1.82, 2.24) is 0 Å². The van der Waals surface area contributed by atoms with Gasteiger partial charge < -0.3 is 5.73 Å². The van der Waals surface area contributed by atoms with Crippen molar-refractivity contribution in [3.05, 3.63) is 78.0 Å². The molecule has 0 saturated heterocycles. The van der Waals surface area contributed by atoms with Gasteiger partial charge in [-0.15, -0.1) is 0 Å². The molecular formula is C18H15N2O2+. The first-order valence-electron chi connectivity index (χ1n) is 6.96. The molecule has 0 radical (unpaired) electrons. The molecule has 4 heteroatoms. The van der Waals surface area contributed by atoms with E-state index in [1.807, 2.05) is 47.0 Å². The molecule has 0 spiro atoms. The van der Waals surface area contributed by atoms with E-state index in [0.29, 0.717) is 11.1 Å². The lowest BCUT2D eigenvalue weighted by molar-refractivity contribution is -0.657. The molecule has 4 nitrogen and oxygen atoms in total. The van der Waals surface area contributed by atoms with Crippen LogP contribution in [0.4, 0.5) is 0 Å². The fraction of sp³-hybridized carbons (Fsp3) is 0.0556. The molecule has 3 aromatic rings. The lowest BCUT2D eigenvalue weighted by atomic mass is 10.1. The Morgan fingerprint density at radius 2 is 1.59 bits per heavy atom. The summed E-state index contributed by atoms with van der Waals surface area (Å²) in [5.41, 5.74) is 7.34. The molecule has 1 amide bonds. The Kier molecular flexibility index (Phi) is 3.66. The summed E-state index contributed by atoms with van der Waals surface area (Å²) < 4.78 is 1.83. The number of Topliss-reactive ketones (excluding diaryl/α,β-unsaturated/α-hetero) is 1. The van der Waals surface area contributed by atoms with Crippen LogP contribution in [0.25, 0.3) is 10.9 Å². The summed E-state index contributed by atoms with van der Waals surface area (Å²) >= 11 is 0. The normalized spacial score (nSPS) is 10.5. The zero-order valence-corrected chi connectivity index (χ0v) is 11.9. The molecule has 0 aliphatic heterocycles. The van der Waals surface area contributed by atoms with Gasteiger partial charge in [0.05, 0.1) is 10.9 Å². The van der Waals surface area contributed by atoms with E-state index in [-0.39, 0.29) is 12.3 Å². The van der Waals surface area contributed by atoms with Crippen molar-refractivity contribution in [2.45, 2.75) is 6.54 Å². The van der Waals surface area contributed by atoms with Crippen LogP contribution in [-0.4, -0.2) is 11.7 Å². The minimum atomic E-state index is -0.474. The van der Waals surface area contributed by atoms with E-state index in [2.05, 4.69) is 0 Å². The summed E-state index contributed by atoms with van der Waals surface area (Å²) in [5, 5.41) is 0.748. The third-order valence-corrected chi connectivity index (χ3v) is 3.60. The van der Waals surface area contributed by atoms with E-state index in [9.17, 15) is 9.59 Å². The number of nitrogens with two attached hydrogens (primary N) is 1. The number of pyridine rings is 1. The molecule has 0 unspecified atom stereocenters. The average molecular weight is 291 g/mol. The predicted molar refractivity (Wildman–Crippen MR) is 83.4 cm³/mol. The third kappa shape index (κ3) is 2.59. The molecule has 108 valence electrons. The third-order valence-electron chi connectivity index (χ3n) is 3.60. The highest BCUT2D eigenvalue weighted by atomic mass is 16.1. The molecule has 22 heavy (non-hydrogen) atoms. The standard InChI is InChI=1S/C18H14N2O2/c19-18(22)15-10-11-20(16-9-5-4-8-14(15)16)12-17(21)13-6-2-1-3-7-13/h1-11H,12H2,(H-,19,22)/p+1. The van der Waals surface area contributed by atoms with Gasteiger partial charge in [0.25, 0.3) is 0 Å². The van der Waals surface area contributed by atoms with Crippen LogP contribution in [0.5, 0.6) is 0 Å². The van der Waals surface area contributed by atoms with Gasteiger partial charge in [-0.1, -0.05) is 42.5 Å². The number of fused-ring (bicyclic) bond motifs is 1. The van der Waals surface area contributed by atoms with Crippen LogP contribution in [0.15, 0.2) is 66.9 Å². The molecule has 0 fully saturated rings. The Bertz CT molecular complexity index is 857. The second kappa shape index (κ2) is 5.77. The van der Waals surface area contributed by atoms with Gasteiger partial charge in [-0.05, 0) is 6.07 Å². The number of primary amides is 1. The fourth-order valence-electron chi connectivity index (χ4n) is 2.51. The van der Waals surface area contributed by atoms with Crippen LogP contribution in [0.1, 0.15) is 20.7 Å². The maximum atomic E-state index is 12.4. The van der Waals surface area contributed by atoms with Crippen molar-refractivity contribution in [2.75, 3.05) is 0 Å². The average Bonchev–Trinajstić information content (AvgIpc) is 2.55. The minimum absolute atomic E-state index is 0.0163. The number of hydrogen-bond donors (Lipinski definition) is 1.